The molecule has 0 bridgehead atoms. The third-order valence-corrected chi connectivity index (χ3v) is 2.30. The van der Waals surface area contributed by atoms with Gasteiger partial charge in [0.2, 0.25) is 0 Å². The molecule has 14 heavy (non-hydrogen) atoms. The highest BCUT2D eigenvalue weighted by atomic mass is 16.7. The van der Waals surface area contributed by atoms with E-state index in [0.717, 1.165) is 25.7 Å². The lowest BCUT2D eigenvalue weighted by atomic mass is 9.96. The first-order chi connectivity index (χ1) is 6.74. The van der Waals surface area contributed by atoms with Crippen LogP contribution in [0.2, 0.25) is 0 Å². The smallest absolute Gasteiger partial charge is 0.366 e. The van der Waals surface area contributed by atoms with Crippen molar-refractivity contribution >= 4 is 5.97 Å². The molecule has 0 unspecified atom stereocenters. The van der Waals surface area contributed by atoms with Crippen molar-refractivity contribution in [1.82, 2.24) is 5.48 Å². The Labute approximate surface area is 83.5 Å². The van der Waals surface area contributed by atoms with Crippen LogP contribution in [0.15, 0.2) is 12.2 Å². The van der Waals surface area contributed by atoms with Gasteiger partial charge in [-0.1, -0.05) is 25.8 Å². The van der Waals surface area contributed by atoms with E-state index in [0.29, 0.717) is 0 Å². The summed E-state index contributed by atoms with van der Waals surface area (Å²) in [6.45, 7) is 3.26. The number of nitrogens with one attached hydrogen (secondary N) is 1. The summed E-state index contributed by atoms with van der Waals surface area (Å²) in [6, 6.07) is 1.88. The predicted octanol–water partition coefficient (Wildman–Crippen LogP) is 1.45. The van der Waals surface area contributed by atoms with Crippen LogP contribution in [-0.4, -0.2) is 12.0 Å². The van der Waals surface area contributed by atoms with E-state index in [2.05, 4.69) is 12.1 Å². The van der Waals surface area contributed by atoms with Crippen molar-refractivity contribution in [2.75, 3.05) is 0 Å². The van der Waals surface area contributed by atoms with Crippen LogP contribution in [0.4, 0.5) is 0 Å². The standard InChI is InChI=1S/C10H14N2O2/c1-8(7-11)10(13)14-12-9-5-3-2-4-6-9/h9,12H,1-6H2. The molecule has 1 rings (SSSR count). The maximum atomic E-state index is 11.0. The fourth-order valence-electron chi connectivity index (χ4n) is 1.46. The van der Waals surface area contributed by atoms with E-state index in [1.165, 1.54) is 6.42 Å². The minimum Gasteiger partial charge on any atom is -0.366 e. The van der Waals surface area contributed by atoms with Crippen molar-refractivity contribution in [3.8, 4) is 6.07 Å². The number of hydrogen-bond acceptors (Lipinski definition) is 4. The largest absolute Gasteiger partial charge is 0.366 e. The van der Waals surface area contributed by atoms with Gasteiger partial charge in [-0.25, -0.2) is 4.79 Å². The van der Waals surface area contributed by atoms with Crippen LogP contribution in [0.1, 0.15) is 32.1 Å². The van der Waals surface area contributed by atoms with Gasteiger partial charge in [-0.15, -0.1) is 5.48 Å². The van der Waals surface area contributed by atoms with Gasteiger partial charge in [-0.05, 0) is 12.8 Å². The second-order valence-corrected chi connectivity index (χ2v) is 3.43. The molecule has 1 aliphatic carbocycles. The molecule has 0 amide bonds. The summed E-state index contributed by atoms with van der Waals surface area (Å²) in [4.78, 5) is 15.7. The number of rotatable bonds is 3. The van der Waals surface area contributed by atoms with Gasteiger partial charge in [0.05, 0.1) is 0 Å². The molecule has 1 aliphatic rings. The van der Waals surface area contributed by atoms with Crippen LogP contribution in [0.5, 0.6) is 0 Å². The molecule has 0 saturated heterocycles. The molecule has 0 aromatic carbocycles. The van der Waals surface area contributed by atoms with Gasteiger partial charge in [0.15, 0.2) is 0 Å². The lowest BCUT2D eigenvalue weighted by molar-refractivity contribution is -0.148. The first-order valence-electron chi connectivity index (χ1n) is 4.79. The highest BCUT2D eigenvalue weighted by Crippen LogP contribution is 2.17. The summed E-state index contributed by atoms with van der Waals surface area (Å²) in [6.07, 6.45) is 5.61. The molecule has 0 spiro atoms. The third-order valence-electron chi connectivity index (χ3n) is 2.30. The van der Waals surface area contributed by atoms with Gasteiger partial charge in [-0.3, -0.25) is 0 Å². The topological polar surface area (TPSA) is 62.1 Å². The Hall–Kier alpha value is -1.34. The number of carbonyl (C=O) groups is 1. The average molecular weight is 194 g/mol. The molecule has 4 heteroatoms. The van der Waals surface area contributed by atoms with E-state index < -0.39 is 5.97 Å². The van der Waals surface area contributed by atoms with Gasteiger partial charge in [0.1, 0.15) is 11.6 Å². The first-order valence-corrected chi connectivity index (χ1v) is 4.79. The molecular weight excluding hydrogens is 180 g/mol. The third kappa shape index (κ3) is 3.19. The van der Waals surface area contributed by atoms with Crippen molar-refractivity contribution < 1.29 is 9.63 Å². The molecule has 0 aliphatic heterocycles. The van der Waals surface area contributed by atoms with Crippen LogP contribution in [0.25, 0.3) is 0 Å². The summed E-state index contributed by atoms with van der Waals surface area (Å²) >= 11 is 0. The summed E-state index contributed by atoms with van der Waals surface area (Å²) in [7, 11) is 0. The Morgan fingerprint density at radius 2 is 2.07 bits per heavy atom. The molecule has 0 aromatic rings. The van der Waals surface area contributed by atoms with Crippen LogP contribution in [0, 0.1) is 11.3 Å². The van der Waals surface area contributed by atoms with Crippen molar-refractivity contribution in [2.24, 2.45) is 0 Å². The summed E-state index contributed by atoms with van der Waals surface area (Å²) in [5.74, 6) is -0.682. The van der Waals surface area contributed by atoms with Crippen LogP contribution in [-0.2, 0) is 9.63 Å². The minimum absolute atomic E-state index is 0.173. The average Bonchev–Trinajstić information content (AvgIpc) is 2.26. The maximum absolute atomic E-state index is 11.0. The molecule has 1 saturated carbocycles. The van der Waals surface area contributed by atoms with Crippen molar-refractivity contribution in [3.05, 3.63) is 12.2 Å². The van der Waals surface area contributed by atoms with E-state index in [9.17, 15) is 4.79 Å². The molecule has 76 valence electrons. The van der Waals surface area contributed by atoms with Crippen LogP contribution in [0.3, 0.4) is 0 Å². The fraction of sp³-hybridized carbons (Fsp3) is 0.600. The van der Waals surface area contributed by atoms with Gasteiger partial charge >= 0.3 is 5.97 Å². The van der Waals surface area contributed by atoms with E-state index in [4.69, 9.17) is 10.1 Å². The highest BCUT2D eigenvalue weighted by Gasteiger charge is 2.15. The fourth-order valence-corrected chi connectivity index (χ4v) is 1.46. The SMILES string of the molecule is C=C(C#N)C(=O)ONC1CCCCC1. The van der Waals surface area contributed by atoms with Gasteiger partial charge in [0, 0.05) is 6.04 Å². The number of hydroxylamine groups is 1. The van der Waals surface area contributed by atoms with Crippen molar-refractivity contribution in [3.63, 3.8) is 0 Å². The quantitative estimate of drug-likeness (QED) is 0.419. The normalized spacial score (nSPS) is 17.1. The number of carbonyl (C=O) groups excluding carboxylic acids is 1. The predicted molar refractivity (Wildman–Crippen MR) is 50.9 cm³/mol. The second kappa shape index (κ2) is 5.40. The molecule has 1 N–H and O–H groups in total. The zero-order chi connectivity index (χ0) is 10.4. The molecule has 1 fully saturated rings. The molecule has 0 heterocycles. The van der Waals surface area contributed by atoms with E-state index >= 15 is 0 Å². The lowest BCUT2D eigenvalue weighted by Gasteiger charge is -2.21. The Bertz CT molecular complexity index is 262. The van der Waals surface area contributed by atoms with Gasteiger partial charge < -0.3 is 4.84 Å². The molecule has 0 radical (unpaired) electrons. The molecular formula is C10H14N2O2. The second-order valence-electron chi connectivity index (χ2n) is 3.43. The van der Waals surface area contributed by atoms with E-state index in [1.54, 1.807) is 6.07 Å². The number of nitriles is 1. The summed E-state index contributed by atoms with van der Waals surface area (Å²) < 4.78 is 0. The molecule has 0 aromatic heterocycles. The zero-order valence-corrected chi connectivity index (χ0v) is 8.08. The lowest BCUT2D eigenvalue weighted by Crippen LogP contribution is -2.33. The van der Waals surface area contributed by atoms with Crippen molar-refractivity contribution in [1.29, 1.82) is 5.26 Å². The number of hydrogen-bond donors (Lipinski definition) is 1. The minimum atomic E-state index is -0.682. The van der Waals surface area contributed by atoms with Gasteiger partial charge in [0.25, 0.3) is 0 Å². The van der Waals surface area contributed by atoms with Crippen molar-refractivity contribution in [2.45, 2.75) is 38.1 Å². The Balaban J connectivity index is 2.23. The maximum Gasteiger partial charge on any atom is 0.366 e. The van der Waals surface area contributed by atoms with Crippen LogP contribution < -0.4 is 5.48 Å². The number of nitrogens with zero attached hydrogens (tertiary/aromatic N) is 1. The van der Waals surface area contributed by atoms with Gasteiger partial charge in [-0.2, -0.15) is 5.26 Å². The Morgan fingerprint density at radius 1 is 1.43 bits per heavy atom. The van der Waals surface area contributed by atoms with Crippen LogP contribution >= 0.6 is 0 Å². The molecule has 0 atom stereocenters. The van der Waals surface area contributed by atoms with E-state index in [-0.39, 0.29) is 11.6 Å². The Morgan fingerprint density at radius 3 is 2.64 bits per heavy atom. The van der Waals surface area contributed by atoms with E-state index in [1.807, 2.05) is 0 Å². The Kier molecular flexibility index (Phi) is 4.14. The first kappa shape index (κ1) is 10.7. The molecule has 4 nitrogen and oxygen atoms in total. The highest BCUT2D eigenvalue weighted by molar-refractivity contribution is 5.91. The summed E-state index contributed by atoms with van der Waals surface area (Å²) in [5, 5.41) is 8.36. The monoisotopic (exact) mass is 194 g/mol. The summed E-state index contributed by atoms with van der Waals surface area (Å²) in [5.41, 5.74) is 2.50. The zero-order valence-electron chi connectivity index (χ0n) is 8.08.